The van der Waals surface area contributed by atoms with E-state index in [9.17, 15) is 0 Å². The van der Waals surface area contributed by atoms with Gasteiger partial charge in [-0.3, -0.25) is 0 Å². The van der Waals surface area contributed by atoms with E-state index in [1.807, 2.05) is 36.4 Å². The molecule has 0 unspecified atom stereocenters. The Morgan fingerprint density at radius 2 is 1.91 bits per heavy atom. The van der Waals surface area contributed by atoms with Gasteiger partial charge < -0.3 is 15.0 Å². The van der Waals surface area contributed by atoms with E-state index in [0.29, 0.717) is 22.3 Å². The Labute approximate surface area is 144 Å². The summed E-state index contributed by atoms with van der Waals surface area (Å²) in [6.45, 7) is 1.49. The number of fused-ring (bicyclic) bond motifs is 1. The summed E-state index contributed by atoms with van der Waals surface area (Å²) in [7, 11) is 1.55. The first-order valence-corrected chi connectivity index (χ1v) is 8.09. The van der Waals surface area contributed by atoms with Crippen molar-refractivity contribution >= 4 is 34.2 Å². The predicted octanol–water partition coefficient (Wildman–Crippen LogP) is 4.21. The van der Waals surface area contributed by atoms with Gasteiger partial charge in [-0.25, -0.2) is 4.98 Å². The highest BCUT2D eigenvalue weighted by atomic mass is 35.5. The zero-order valence-electron chi connectivity index (χ0n) is 12.7. The largest absolute Gasteiger partial charge is 0.494 e. The second kappa shape index (κ2) is 7.21. The van der Waals surface area contributed by atoms with E-state index in [0.717, 1.165) is 35.4 Å². The molecule has 120 valence electrons. The summed E-state index contributed by atoms with van der Waals surface area (Å²) in [6.07, 6.45) is 0.826. The summed E-state index contributed by atoms with van der Waals surface area (Å²) >= 11 is 12.3. The van der Waals surface area contributed by atoms with Gasteiger partial charge in [-0.05, 0) is 29.8 Å². The molecule has 0 saturated carbocycles. The number of aromatic nitrogens is 2. The van der Waals surface area contributed by atoms with Crippen LogP contribution in [0.2, 0.25) is 10.0 Å². The predicted molar refractivity (Wildman–Crippen MR) is 94.5 cm³/mol. The molecule has 0 saturated heterocycles. The molecule has 4 nitrogen and oxygen atoms in total. The maximum atomic E-state index is 6.14. The van der Waals surface area contributed by atoms with Crippen LogP contribution in [0.1, 0.15) is 11.4 Å². The number of nitrogens with one attached hydrogen (secondary N) is 2. The van der Waals surface area contributed by atoms with Gasteiger partial charge in [0.1, 0.15) is 5.82 Å². The van der Waals surface area contributed by atoms with Crippen molar-refractivity contribution in [2.24, 2.45) is 0 Å². The molecule has 23 heavy (non-hydrogen) atoms. The second-order valence-corrected chi connectivity index (χ2v) is 6.03. The standard InChI is InChI=1S/C17H17Cl2N3O/c1-23-17-12(18)8-11(9-13(17)19)10-20-7-6-16-21-14-4-2-3-5-15(14)22-16/h2-5,8-9,20H,6-7,10H2,1H3,(H,21,22). The summed E-state index contributed by atoms with van der Waals surface area (Å²) in [5.41, 5.74) is 3.08. The van der Waals surface area contributed by atoms with Gasteiger partial charge >= 0.3 is 0 Å². The second-order valence-electron chi connectivity index (χ2n) is 5.22. The third-order valence-corrected chi connectivity index (χ3v) is 4.13. The number of methoxy groups -OCH3 is 1. The van der Waals surface area contributed by atoms with Gasteiger partial charge in [-0.15, -0.1) is 0 Å². The van der Waals surface area contributed by atoms with Crippen LogP contribution < -0.4 is 10.1 Å². The first-order valence-electron chi connectivity index (χ1n) is 7.33. The van der Waals surface area contributed by atoms with Crippen LogP contribution in [-0.2, 0) is 13.0 Å². The van der Waals surface area contributed by atoms with Crippen LogP contribution in [-0.4, -0.2) is 23.6 Å². The highest BCUT2D eigenvalue weighted by molar-refractivity contribution is 6.37. The molecule has 0 atom stereocenters. The number of halogens is 2. The summed E-state index contributed by atoms with van der Waals surface area (Å²) in [5.74, 6) is 1.49. The minimum absolute atomic E-state index is 0.513. The molecule has 0 spiro atoms. The van der Waals surface area contributed by atoms with Gasteiger partial charge in [0.2, 0.25) is 0 Å². The molecule has 2 N–H and O–H groups in total. The molecule has 1 aromatic heterocycles. The van der Waals surface area contributed by atoms with Crippen LogP contribution in [0.15, 0.2) is 36.4 Å². The molecule has 3 aromatic rings. The van der Waals surface area contributed by atoms with Crippen molar-refractivity contribution in [3.8, 4) is 5.75 Å². The van der Waals surface area contributed by atoms with E-state index < -0.39 is 0 Å². The quantitative estimate of drug-likeness (QED) is 0.655. The summed E-state index contributed by atoms with van der Waals surface area (Å²) in [5, 5.41) is 4.41. The van der Waals surface area contributed by atoms with E-state index in [2.05, 4.69) is 15.3 Å². The molecule has 0 aliphatic carbocycles. The minimum atomic E-state index is 0.513. The van der Waals surface area contributed by atoms with Crippen LogP contribution in [0.5, 0.6) is 5.75 Å². The highest BCUT2D eigenvalue weighted by Crippen LogP contribution is 2.33. The Balaban J connectivity index is 1.55. The zero-order valence-corrected chi connectivity index (χ0v) is 14.2. The SMILES string of the molecule is COc1c(Cl)cc(CNCCc2nc3ccccc3[nH]2)cc1Cl. The van der Waals surface area contributed by atoms with Crippen molar-refractivity contribution in [1.29, 1.82) is 0 Å². The third kappa shape index (κ3) is 3.78. The fraction of sp³-hybridized carbons (Fsp3) is 0.235. The lowest BCUT2D eigenvalue weighted by molar-refractivity contribution is 0.415. The lowest BCUT2D eigenvalue weighted by Crippen LogP contribution is -2.17. The number of aromatic amines is 1. The molecule has 0 aliphatic rings. The summed E-state index contributed by atoms with van der Waals surface area (Å²) < 4.78 is 5.15. The lowest BCUT2D eigenvalue weighted by Gasteiger charge is -2.09. The van der Waals surface area contributed by atoms with Crippen LogP contribution in [0.4, 0.5) is 0 Å². The van der Waals surface area contributed by atoms with Crippen LogP contribution in [0.25, 0.3) is 11.0 Å². The fourth-order valence-corrected chi connectivity index (χ4v) is 3.16. The smallest absolute Gasteiger partial charge is 0.156 e. The number of benzene rings is 2. The van der Waals surface area contributed by atoms with E-state index in [4.69, 9.17) is 27.9 Å². The van der Waals surface area contributed by atoms with E-state index in [1.54, 1.807) is 7.11 Å². The Kier molecular flexibility index (Phi) is 5.06. The Morgan fingerprint density at radius 1 is 1.17 bits per heavy atom. The van der Waals surface area contributed by atoms with Crippen molar-refractivity contribution in [3.05, 3.63) is 57.8 Å². The molecule has 0 fully saturated rings. The Hall–Kier alpha value is -1.75. The van der Waals surface area contributed by atoms with E-state index in [1.165, 1.54) is 0 Å². The number of hydrogen-bond donors (Lipinski definition) is 2. The number of hydrogen-bond acceptors (Lipinski definition) is 3. The van der Waals surface area contributed by atoms with Gasteiger partial charge in [-0.1, -0.05) is 35.3 Å². The molecule has 0 bridgehead atoms. The van der Waals surface area contributed by atoms with Crippen molar-refractivity contribution < 1.29 is 4.74 Å². The summed E-state index contributed by atoms with van der Waals surface area (Å²) in [4.78, 5) is 7.87. The lowest BCUT2D eigenvalue weighted by atomic mass is 10.2. The number of H-pyrrole nitrogens is 1. The number of imidazole rings is 1. The van der Waals surface area contributed by atoms with Crippen molar-refractivity contribution in [3.63, 3.8) is 0 Å². The molecule has 1 heterocycles. The topological polar surface area (TPSA) is 49.9 Å². The van der Waals surface area contributed by atoms with Crippen molar-refractivity contribution in [2.45, 2.75) is 13.0 Å². The van der Waals surface area contributed by atoms with Crippen LogP contribution >= 0.6 is 23.2 Å². The number of ether oxygens (including phenoxy) is 1. The molecule has 0 aliphatic heterocycles. The van der Waals surface area contributed by atoms with Gasteiger partial charge in [0.15, 0.2) is 5.75 Å². The molecule has 3 rings (SSSR count). The van der Waals surface area contributed by atoms with Crippen molar-refractivity contribution in [1.82, 2.24) is 15.3 Å². The van der Waals surface area contributed by atoms with Gasteiger partial charge in [0, 0.05) is 19.5 Å². The monoisotopic (exact) mass is 349 g/mol. The molecule has 0 radical (unpaired) electrons. The number of para-hydroxylation sites is 2. The molecular formula is C17H17Cl2N3O. The normalized spacial score (nSPS) is 11.1. The Morgan fingerprint density at radius 3 is 2.61 bits per heavy atom. The molecule has 6 heteroatoms. The molecule has 2 aromatic carbocycles. The molecule has 0 amide bonds. The van der Waals surface area contributed by atoms with Gasteiger partial charge in [-0.2, -0.15) is 0 Å². The van der Waals surface area contributed by atoms with Crippen LogP contribution in [0.3, 0.4) is 0 Å². The first kappa shape index (κ1) is 16.1. The Bertz CT molecular complexity index is 760. The number of nitrogens with zero attached hydrogens (tertiary/aromatic N) is 1. The number of rotatable bonds is 6. The van der Waals surface area contributed by atoms with E-state index >= 15 is 0 Å². The molecular weight excluding hydrogens is 333 g/mol. The zero-order chi connectivity index (χ0) is 16.2. The maximum absolute atomic E-state index is 6.14. The van der Waals surface area contributed by atoms with Crippen molar-refractivity contribution in [2.75, 3.05) is 13.7 Å². The van der Waals surface area contributed by atoms with E-state index in [-0.39, 0.29) is 0 Å². The van der Waals surface area contributed by atoms with Crippen LogP contribution in [0, 0.1) is 0 Å². The minimum Gasteiger partial charge on any atom is -0.494 e. The maximum Gasteiger partial charge on any atom is 0.156 e. The van der Waals surface area contributed by atoms with Gasteiger partial charge in [0.05, 0.1) is 28.2 Å². The first-order chi connectivity index (χ1) is 11.2. The van der Waals surface area contributed by atoms with Gasteiger partial charge in [0.25, 0.3) is 0 Å². The summed E-state index contributed by atoms with van der Waals surface area (Å²) in [6, 6.07) is 11.7. The average molecular weight is 350 g/mol. The average Bonchev–Trinajstić information content (AvgIpc) is 2.94. The fourth-order valence-electron chi connectivity index (χ4n) is 2.47. The third-order valence-electron chi connectivity index (χ3n) is 3.57. The highest BCUT2D eigenvalue weighted by Gasteiger charge is 2.08.